The molecular formula is C11H12F2N2O3. The molecule has 1 aromatic carbocycles. The van der Waals surface area contributed by atoms with E-state index in [1.54, 1.807) is 4.90 Å². The number of nitro groups is 1. The normalized spacial score (nSPS) is 19.6. The van der Waals surface area contributed by atoms with E-state index < -0.39 is 17.5 Å². The van der Waals surface area contributed by atoms with Crippen molar-refractivity contribution in [2.75, 3.05) is 18.0 Å². The number of non-ortho nitro benzene ring substituents is 1. The third kappa shape index (κ3) is 2.40. The molecule has 5 nitrogen and oxygen atoms in total. The fourth-order valence-electron chi connectivity index (χ4n) is 2.08. The summed E-state index contributed by atoms with van der Waals surface area (Å²) in [6.07, 6.45) is -2.80. The van der Waals surface area contributed by atoms with Crippen molar-refractivity contribution in [1.82, 2.24) is 0 Å². The fourth-order valence-corrected chi connectivity index (χ4v) is 2.08. The van der Waals surface area contributed by atoms with E-state index in [0.29, 0.717) is 13.0 Å². The van der Waals surface area contributed by atoms with Crippen LogP contribution in [0.2, 0.25) is 0 Å². The van der Waals surface area contributed by atoms with Crippen LogP contribution < -0.4 is 4.90 Å². The van der Waals surface area contributed by atoms with Gasteiger partial charge in [-0.05, 0) is 12.5 Å². The fraction of sp³-hybridized carbons (Fsp3) is 0.455. The summed E-state index contributed by atoms with van der Waals surface area (Å²) in [7, 11) is 0. The maximum Gasteiger partial charge on any atom is 0.270 e. The summed E-state index contributed by atoms with van der Waals surface area (Å²) < 4.78 is 25.8. The molecule has 1 N–H and O–H groups in total. The van der Waals surface area contributed by atoms with Gasteiger partial charge in [0.05, 0.1) is 11.0 Å². The number of anilines is 1. The molecule has 1 aromatic rings. The number of hydrogen-bond acceptors (Lipinski definition) is 4. The van der Waals surface area contributed by atoms with Crippen molar-refractivity contribution >= 4 is 11.4 Å². The molecule has 1 saturated heterocycles. The Bertz CT molecular complexity index is 468. The Labute approximate surface area is 102 Å². The average molecular weight is 258 g/mol. The van der Waals surface area contributed by atoms with E-state index in [2.05, 4.69) is 0 Å². The molecule has 1 aliphatic heterocycles. The van der Waals surface area contributed by atoms with Crippen molar-refractivity contribution in [2.24, 2.45) is 0 Å². The second-order valence-corrected chi connectivity index (χ2v) is 4.19. The summed E-state index contributed by atoms with van der Waals surface area (Å²) in [4.78, 5) is 11.5. The minimum absolute atomic E-state index is 0.257. The van der Waals surface area contributed by atoms with E-state index in [9.17, 15) is 24.0 Å². The second kappa shape index (κ2) is 4.85. The van der Waals surface area contributed by atoms with Gasteiger partial charge in [0.25, 0.3) is 12.1 Å². The average Bonchev–Trinajstić information content (AvgIpc) is 2.74. The molecule has 1 aliphatic rings. The zero-order chi connectivity index (χ0) is 13.3. The zero-order valence-electron chi connectivity index (χ0n) is 9.42. The molecule has 0 aromatic heterocycles. The summed E-state index contributed by atoms with van der Waals surface area (Å²) in [5, 5.41) is 20.0. The first-order chi connectivity index (χ1) is 8.49. The Morgan fingerprint density at radius 1 is 1.50 bits per heavy atom. The summed E-state index contributed by atoms with van der Waals surface area (Å²) in [5.74, 6) is 0. The van der Waals surface area contributed by atoms with Crippen LogP contribution >= 0.6 is 0 Å². The van der Waals surface area contributed by atoms with Crippen LogP contribution in [0.1, 0.15) is 18.4 Å². The number of aliphatic hydroxyl groups is 1. The molecular weight excluding hydrogens is 246 g/mol. The second-order valence-electron chi connectivity index (χ2n) is 4.19. The zero-order valence-corrected chi connectivity index (χ0v) is 9.42. The lowest BCUT2D eigenvalue weighted by molar-refractivity contribution is -0.385. The van der Waals surface area contributed by atoms with Gasteiger partial charge in [-0.2, -0.15) is 0 Å². The van der Waals surface area contributed by atoms with Gasteiger partial charge in [-0.25, -0.2) is 8.78 Å². The van der Waals surface area contributed by atoms with Crippen LogP contribution in [-0.4, -0.2) is 29.2 Å². The number of alkyl halides is 2. The molecule has 1 atom stereocenters. The highest BCUT2D eigenvalue weighted by Crippen LogP contribution is 2.34. The number of nitrogens with zero attached hydrogens (tertiary/aromatic N) is 2. The minimum atomic E-state index is -2.78. The molecule has 98 valence electrons. The first-order valence-corrected chi connectivity index (χ1v) is 5.48. The summed E-state index contributed by atoms with van der Waals surface area (Å²) in [5.41, 5.74) is -0.459. The van der Waals surface area contributed by atoms with Gasteiger partial charge in [0, 0.05) is 36.5 Å². The van der Waals surface area contributed by atoms with Crippen LogP contribution in [0.3, 0.4) is 0 Å². The molecule has 0 radical (unpaired) electrons. The molecule has 7 heteroatoms. The smallest absolute Gasteiger partial charge is 0.270 e. The molecule has 0 unspecified atom stereocenters. The van der Waals surface area contributed by atoms with Crippen molar-refractivity contribution in [3.8, 4) is 0 Å². The number of β-amino-alcohol motifs (C(OH)–C–C–N with tert-alkyl or cyclic N) is 1. The predicted octanol–water partition coefficient (Wildman–Crippen LogP) is 2.10. The maximum absolute atomic E-state index is 12.9. The van der Waals surface area contributed by atoms with Crippen molar-refractivity contribution in [2.45, 2.75) is 19.0 Å². The number of rotatable bonds is 3. The van der Waals surface area contributed by atoms with Crippen LogP contribution in [0.4, 0.5) is 20.2 Å². The van der Waals surface area contributed by atoms with Gasteiger partial charge in [0.2, 0.25) is 0 Å². The van der Waals surface area contributed by atoms with Crippen molar-refractivity contribution in [3.05, 3.63) is 33.9 Å². The Hall–Kier alpha value is -1.76. The van der Waals surface area contributed by atoms with E-state index >= 15 is 0 Å². The number of benzene rings is 1. The maximum atomic E-state index is 12.9. The molecule has 2 rings (SSSR count). The van der Waals surface area contributed by atoms with E-state index in [4.69, 9.17) is 0 Å². The quantitative estimate of drug-likeness (QED) is 0.666. The highest BCUT2D eigenvalue weighted by Gasteiger charge is 2.26. The summed E-state index contributed by atoms with van der Waals surface area (Å²) in [6.45, 7) is 0.746. The number of nitro benzene ring substituents is 1. The predicted molar refractivity (Wildman–Crippen MR) is 60.9 cm³/mol. The van der Waals surface area contributed by atoms with Gasteiger partial charge in [-0.3, -0.25) is 10.1 Å². The van der Waals surface area contributed by atoms with Gasteiger partial charge >= 0.3 is 0 Å². The van der Waals surface area contributed by atoms with E-state index in [0.717, 1.165) is 6.07 Å². The van der Waals surface area contributed by atoms with E-state index in [1.165, 1.54) is 12.1 Å². The van der Waals surface area contributed by atoms with Crippen LogP contribution in [0.25, 0.3) is 0 Å². The summed E-state index contributed by atoms with van der Waals surface area (Å²) in [6, 6.07) is 3.41. The lowest BCUT2D eigenvalue weighted by atomic mass is 10.1. The van der Waals surface area contributed by atoms with Crippen LogP contribution in [0.5, 0.6) is 0 Å². The Morgan fingerprint density at radius 3 is 2.72 bits per heavy atom. The standard InChI is InChI=1S/C11H12F2N2O3/c12-11(13)9-5-7(15(17)18)1-2-10(9)14-4-3-8(16)6-14/h1-2,5,8,11,16H,3-4,6H2/t8-/m1/s1. The molecule has 1 heterocycles. The number of halogens is 2. The lowest BCUT2D eigenvalue weighted by Gasteiger charge is -2.21. The minimum Gasteiger partial charge on any atom is -0.391 e. The van der Waals surface area contributed by atoms with Crippen molar-refractivity contribution in [1.29, 1.82) is 0 Å². The molecule has 0 saturated carbocycles. The van der Waals surface area contributed by atoms with Gasteiger partial charge in [-0.1, -0.05) is 0 Å². The molecule has 0 amide bonds. The monoisotopic (exact) mass is 258 g/mol. The van der Waals surface area contributed by atoms with Crippen LogP contribution in [0.15, 0.2) is 18.2 Å². The molecule has 18 heavy (non-hydrogen) atoms. The molecule has 0 spiro atoms. The first-order valence-electron chi connectivity index (χ1n) is 5.48. The van der Waals surface area contributed by atoms with Gasteiger partial charge in [0.1, 0.15) is 0 Å². The van der Waals surface area contributed by atoms with E-state index in [1.807, 2.05) is 0 Å². The van der Waals surface area contributed by atoms with Crippen molar-refractivity contribution < 1.29 is 18.8 Å². The third-order valence-corrected chi connectivity index (χ3v) is 2.96. The topological polar surface area (TPSA) is 66.6 Å². The molecule has 0 bridgehead atoms. The highest BCUT2D eigenvalue weighted by atomic mass is 19.3. The van der Waals surface area contributed by atoms with Gasteiger partial charge in [0.15, 0.2) is 0 Å². The molecule has 0 aliphatic carbocycles. The first kappa shape index (κ1) is 12.7. The Kier molecular flexibility index (Phi) is 3.42. The van der Waals surface area contributed by atoms with Crippen LogP contribution in [0, 0.1) is 10.1 Å². The number of aliphatic hydroxyl groups excluding tert-OH is 1. The van der Waals surface area contributed by atoms with Crippen molar-refractivity contribution in [3.63, 3.8) is 0 Å². The van der Waals surface area contributed by atoms with Gasteiger partial charge < -0.3 is 10.0 Å². The van der Waals surface area contributed by atoms with Crippen LogP contribution in [-0.2, 0) is 0 Å². The molecule has 1 fully saturated rings. The van der Waals surface area contributed by atoms with E-state index in [-0.39, 0.29) is 23.5 Å². The highest BCUT2D eigenvalue weighted by molar-refractivity contribution is 5.59. The number of hydrogen-bond donors (Lipinski definition) is 1. The van der Waals surface area contributed by atoms with Gasteiger partial charge in [-0.15, -0.1) is 0 Å². The lowest BCUT2D eigenvalue weighted by Crippen LogP contribution is -2.22. The largest absolute Gasteiger partial charge is 0.391 e. The SMILES string of the molecule is O=[N+]([O-])c1ccc(N2CC[C@@H](O)C2)c(C(F)F)c1. The Morgan fingerprint density at radius 2 is 2.22 bits per heavy atom. The Balaban J connectivity index is 2.37. The third-order valence-electron chi connectivity index (χ3n) is 2.96. The summed E-state index contributed by atoms with van der Waals surface area (Å²) >= 11 is 0.